The summed E-state index contributed by atoms with van der Waals surface area (Å²) < 4.78 is 0. The third-order valence-corrected chi connectivity index (χ3v) is 5.70. The first-order chi connectivity index (χ1) is 12.1. The van der Waals surface area contributed by atoms with Crippen molar-refractivity contribution in [2.75, 3.05) is 52.9 Å². The number of aromatic nitrogens is 1. The lowest BCUT2D eigenvalue weighted by molar-refractivity contribution is -0.124. The van der Waals surface area contributed by atoms with Crippen molar-refractivity contribution >= 4 is 17.2 Å². The second-order valence-electron chi connectivity index (χ2n) is 7.18. The average molecular weight is 368 g/mol. The number of likely N-dealkylation sites (N-methyl/N-ethyl adjacent to an activating group) is 1. The number of likely N-dealkylation sites (tertiary alicyclic amines) is 1. The number of nitrogens with one attached hydrogen (secondary N) is 1. The van der Waals surface area contributed by atoms with Gasteiger partial charge in [0.15, 0.2) is 0 Å². The van der Waals surface area contributed by atoms with E-state index in [-0.39, 0.29) is 11.9 Å². The normalized spacial score (nSPS) is 27.1. The van der Waals surface area contributed by atoms with Crippen LogP contribution >= 0.6 is 11.3 Å². The number of β-amino-alcohol motifs (C(OH)–C–C–N with tert-alkyl or cyclic N) is 1. The zero-order valence-electron chi connectivity index (χ0n) is 14.9. The van der Waals surface area contributed by atoms with Crippen LogP contribution in [-0.2, 0) is 11.3 Å². The van der Waals surface area contributed by atoms with E-state index in [1.54, 1.807) is 11.3 Å². The molecule has 0 radical (unpaired) electrons. The zero-order chi connectivity index (χ0) is 17.6. The lowest BCUT2D eigenvalue weighted by Gasteiger charge is -2.36. The number of carbonyl (C=O) groups excluding carboxylic acids is 1. The van der Waals surface area contributed by atoms with Crippen LogP contribution in [0.25, 0.3) is 0 Å². The number of hydrogen-bond acceptors (Lipinski definition) is 7. The first-order valence-electron chi connectivity index (χ1n) is 9.08. The van der Waals surface area contributed by atoms with Crippen molar-refractivity contribution in [3.63, 3.8) is 0 Å². The molecule has 0 unspecified atom stereocenters. The predicted octanol–water partition coefficient (Wildman–Crippen LogP) is -0.168. The number of carbonyl (C=O) groups is 1. The van der Waals surface area contributed by atoms with E-state index in [0.29, 0.717) is 13.1 Å². The molecule has 0 aromatic carbocycles. The van der Waals surface area contributed by atoms with Gasteiger partial charge in [0.1, 0.15) is 0 Å². The summed E-state index contributed by atoms with van der Waals surface area (Å²) >= 11 is 1.59. The van der Waals surface area contributed by atoms with Gasteiger partial charge in [0, 0.05) is 38.1 Å². The van der Waals surface area contributed by atoms with E-state index in [4.69, 9.17) is 0 Å². The molecule has 2 saturated heterocycles. The number of aliphatic hydroxyl groups is 1. The van der Waals surface area contributed by atoms with E-state index in [0.717, 1.165) is 57.8 Å². The van der Waals surface area contributed by atoms with Crippen molar-refractivity contribution < 1.29 is 9.90 Å². The summed E-state index contributed by atoms with van der Waals surface area (Å²) in [4.78, 5) is 23.4. The summed E-state index contributed by atoms with van der Waals surface area (Å²) in [6, 6.07) is -0.145. The fraction of sp³-hybridized carbons (Fsp3) is 0.765. The van der Waals surface area contributed by atoms with Gasteiger partial charge in [0.25, 0.3) is 0 Å². The van der Waals surface area contributed by atoms with E-state index in [1.807, 2.05) is 10.9 Å². The standard InChI is InChI=1S/C17H29N5O2S/c1-20-4-2-5-21(8-7-20)11-17(24)19-15-3-6-22(10-16(15)23)9-14-12-25-13-18-14/h12-13,15-16,23H,2-11H2,1H3,(H,19,24)/t15-,16-/m1/s1. The van der Waals surface area contributed by atoms with Gasteiger partial charge < -0.3 is 15.3 Å². The Balaban J connectivity index is 1.41. The van der Waals surface area contributed by atoms with Crippen molar-refractivity contribution in [2.45, 2.75) is 31.5 Å². The Bertz CT molecular complexity index is 541. The molecule has 25 heavy (non-hydrogen) atoms. The highest BCUT2D eigenvalue weighted by Gasteiger charge is 2.29. The van der Waals surface area contributed by atoms with Gasteiger partial charge in [-0.2, -0.15) is 0 Å². The molecule has 0 aliphatic carbocycles. The molecule has 2 atom stereocenters. The molecule has 1 amide bonds. The minimum absolute atomic E-state index is 0.0292. The van der Waals surface area contributed by atoms with Crippen LogP contribution in [-0.4, -0.2) is 95.7 Å². The van der Waals surface area contributed by atoms with Gasteiger partial charge in [-0.15, -0.1) is 11.3 Å². The van der Waals surface area contributed by atoms with Gasteiger partial charge in [-0.25, -0.2) is 4.98 Å². The van der Waals surface area contributed by atoms with Crippen molar-refractivity contribution in [3.8, 4) is 0 Å². The van der Waals surface area contributed by atoms with Crippen LogP contribution in [0.15, 0.2) is 10.9 Å². The van der Waals surface area contributed by atoms with Crippen LogP contribution < -0.4 is 5.32 Å². The Hall–Kier alpha value is -1.06. The van der Waals surface area contributed by atoms with Crippen LogP contribution in [0.5, 0.6) is 0 Å². The van der Waals surface area contributed by atoms with Crippen molar-refractivity contribution in [1.82, 2.24) is 25.0 Å². The Kier molecular flexibility index (Phi) is 6.77. The van der Waals surface area contributed by atoms with Gasteiger partial charge in [-0.1, -0.05) is 0 Å². The average Bonchev–Trinajstić information content (AvgIpc) is 2.99. The maximum Gasteiger partial charge on any atom is 0.234 e. The topological polar surface area (TPSA) is 71.9 Å². The summed E-state index contributed by atoms with van der Waals surface area (Å²) in [5, 5.41) is 15.5. The third-order valence-electron chi connectivity index (χ3n) is 5.06. The number of aliphatic hydroxyl groups excluding tert-OH is 1. The molecule has 1 aromatic rings. The van der Waals surface area contributed by atoms with Crippen LogP contribution in [0.2, 0.25) is 0 Å². The van der Waals surface area contributed by atoms with Crippen molar-refractivity contribution in [3.05, 3.63) is 16.6 Å². The number of piperidine rings is 1. The molecule has 2 fully saturated rings. The molecular formula is C17H29N5O2S. The van der Waals surface area contributed by atoms with E-state index in [1.165, 1.54) is 0 Å². The summed E-state index contributed by atoms with van der Waals surface area (Å²) in [6.07, 6.45) is 1.35. The molecule has 0 saturated carbocycles. The second-order valence-corrected chi connectivity index (χ2v) is 7.90. The van der Waals surface area contributed by atoms with Gasteiger partial charge in [0.2, 0.25) is 5.91 Å². The van der Waals surface area contributed by atoms with Crippen LogP contribution in [0, 0.1) is 0 Å². The van der Waals surface area contributed by atoms with Gasteiger partial charge in [-0.05, 0) is 33.0 Å². The molecule has 140 valence electrons. The molecule has 2 aliphatic rings. The Morgan fingerprint density at radius 2 is 2.20 bits per heavy atom. The highest BCUT2D eigenvalue weighted by molar-refractivity contribution is 7.07. The van der Waals surface area contributed by atoms with Gasteiger partial charge in [-0.3, -0.25) is 14.6 Å². The molecule has 0 spiro atoms. The Morgan fingerprint density at radius 3 is 2.96 bits per heavy atom. The number of thiazole rings is 1. The summed E-state index contributed by atoms with van der Waals surface area (Å²) in [5.74, 6) is 0.0292. The number of rotatable bonds is 5. The monoisotopic (exact) mass is 367 g/mol. The predicted molar refractivity (Wildman–Crippen MR) is 98.5 cm³/mol. The summed E-state index contributed by atoms with van der Waals surface area (Å²) in [5.41, 5.74) is 2.88. The molecule has 7 nitrogen and oxygen atoms in total. The number of hydrogen-bond donors (Lipinski definition) is 2. The maximum atomic E-state index is 12.4. The van der Waals surface area contributed by atoms with Crippen LogP contribution in [0.4, 0.5) is 0 Å². The van der Waals surface area contributed by atoms with E-state index in [9.17, 15) is 9.90 Å². The lowest BCUT2D eigenvalue weighted by atomic mass is 10.0. The Morgan fingerprint density at radius 1 is 1.32 bits per heavy atom. The third kappa shape index (κ3) is 5.72. The summed E-state index contributed by atoms with van der Waals surface area (Å²) in [7, 11) is 2.12. The fourth-order valence-electron chi connectivity index (χ4n) is 3.57. The fourth-order valence-corrected chi connectivity index (χ4v) is 4.12. The second kappa shape index (κ2) is 9.05. The smallest absolute Gasteiger partial charge is 0.234 e. The molecule has 2 N–H and O–H groups in total. The van der Waals surface area contributed by atoms with E-state index in [2.05, 4.69) is 32.0 Å². The summed E-state index contributed by atoms with van der Waals surface area (Å²) in [6.45, 7) is 6.64. The molecule has 8 heteroatoms. The van der Waals surface area contributed by atoms with Gasteiger partial charge in [0.05, 0.1) is 29.9 Å². The van der Waals surface area contributed by atoms with Gasteiger partial charge >= 0.3 is 0 Å². The zero-order valence-corrected chi connectivity index (χ0v) is 15.7. The molecule has 1 aromatic heterocycles. The maximum absolute atomic E-state index is 12.4. The van der Waals surface area contributed by atoms with Crippen molar-refractivity contribution in [2.24, 2.45) is 0 Å². The SMILES string of the molecule is CN1CCCN(CC(=O)N[C@@H]2CCN(Cc3cscn3)C[C@H]2O)CC1. The molecule has 3 rings (SSSR count). The van der Waals surface area contributed by atoms with E-state index < -0.39 is 6.10 Å². The molecule has 0 bridgehead atoms. The largest absolute Gasteiger partial charge is 0.390 e. The van der Waals surface area contributed by atoms with Crippen LogP contribution in [0.1, 0.15) is 18.5 Å². The molecule has 2 aliphatic heterocycles. The lowest BCUT2D eigenvalue weighted by Crippen LogP contribution is -2.55. The first kappa shape index (κ1) is 18.7. The number of amides is 1. The molecular weight excluding hydrogens is 338 g/mol. The highest BCUT2D eigenvalue weighted by Crippen LogP contribution is 2.15. The number of nitrogens with zero attached hydrogens (tertiary/aromatic N) is 4. The highest BCUT2D eigenvalue weighted by atomic mass is 32.1. The van der Waals surface area contributed by atoms with Crippen LogP contribution in [0.3, 0.4) is 0 Å². The first-order valence-corrected chi connectivity index (χ1v) is 10.0. The quantitative estimate of drug-likeness (QED) is 0.753. The Labute approximate surface area is 153 Å². The van der Waals surface area contributed by atoms with E-state index >= 15 is 0 Å². The molecule has 3 heterocycles. The minimum Gasteiger partial charge on any atom is -0.390 e. The minimum atomic E-state index is -0.522. The van der Waals surface area contributed by atoms with Crippen molar-refractivity contribution in [1.29, 1.82) is 0 Å².